The number of nitrogens with zero attached hydrogens (tertiary/aromatic N) is 5. The lowest BCUT2D eigenvalue weighted by atomic mass is 9.79. The summed E-state index contributed by atoms with van der Waals surface area (Å²) >= 11 is 0. The molecular formula is C22H28N10. The summed E-state index contributed by atoms with van der Waals surface area (Å²) < 4.78 is 0. The van der Waals surface area contributed by atoms with Gasteiger partial charge in [0.05, 0.1) is 18.3 Å². The highest BCUT2D eigenvalue weighted by Gasteiger charge is 2.35. The number of rotatable bonds is 4. The number of aromatic nitrogens is 6. The first kappa shape index (κ1) is 19.4. The highest BCUT2D eigenvalue weighted by molar-refractivity contribution is 5.84. The third-order valence-electron chi connectivity index (χ3n) is 6.95. The van der Waals surface area contributed by atoms with E-state index in [9.17, 15) is 0 Å². The summed E-state index contributed by atoms with van der Waals surface area (Å²) in [5.74, 6) is 1.88. The van der Waals surface area contributed by atoms with Crippen molar-refractivity contribution in [3.8, 4) is 0 Å². The average molecular weight is 433 g/mol. The molecule has 32 heavy (non-hydrogen) atoms. The van der Waals surface area contributed by atoms with Gasteiger partial charge >= 0.3 is 0 Å². The SMILES string of the molecule is N[C@@]1(C2CCNC2)C=CC(Nc2nc(N3CCc4nc[nH]c4CC3)c3[nH]cnc3n2)=CC1. The molecule has 1 unspecified atom stereocenters. The van der Waals surface area contributed by atoms with Crippen LogP contribution >= 0.6 is 0 Å². The number of hydrogen-bond donors (Lipinski definition) is 5. The molecule has 2 atom stereocenters. The summed E-state index contributed by atoms with van der Waals surface area (Å²) in [4.78, 5) is 27.1. The molecule has 3 aromatic rings. The maximum Gasteiger partial charge on any atom is 0.231 e. The van der Waals surface area contributed by atoms with E-state index in [-0.39, 0.29) is 5.54 Å². The molecule has 10 heteroatoms. The molecule has 1 saturated heterocycles. The van der Waals surface area contributed by atoms with E-state index in [2.05, 4.69) is 58.7 Å². The topological polar surface area (TPSA) is 136 Å². The van der Waals surface area contributed by atoms with Crippen LogP contribution in [-0.2, 0) is 12.8 Å². The van der Waals surface area contributed by atoms with Gasteiger partial charge in [-0.1, -0.05) is 12.2 Å². The van der Waals surface area contributed by atoms with E-state index in [1.54, 1.807) is 12.7 Å². The quantitative estimate of drug-likeness (QED) is 0.415. The Bertz CT molecular complexity index is 1160. The van der Waals surface area contributed by atoms with Crippen LogP contribution in [0.3, 0.4) is 0 Å². The Morgan fingerprint density at radius 3 is 2.88 bits per heavy atom. The van der Waals surface area contributed by atoms with E-state index in [0.717, 1.165) is 74.6 Å². The molecule has 0 saturated carbocycles. The fourth-order valence-corrected chi connectivity index (χ4v) is 5.00. The normalized spacial score (nSPS) is 25.6. The Morgan fingerprint density at radius 1 is 1.12 bits per heavy atom. The maximum atomic E-state index is 6.69. The summed E-state index contributed by atoms with van der Waals surface area (Å²) in [6, 6.07) is 0. The lowest BCUT2D eigenvalue weighted by Crippen LogP contribution is -2.47. The van der Waals surface area contributed by atoms with E-state index in [0.29, 0.717) is 17.5 Å². The summed E-state index contributed by atoms with van der Waals surface area (Å²) in [6.45, 7) is 3.72. The van der Waals surface area contributed by atoms with E-state index < -0.39 is 0 Å². The number of aromatic amines is 2. The number of fused-ring (bicyclic) bond motifs is 2. The largest absolute Gasteiger partial charge is 0.354 e. The molecule has 0 aromatic carbocycles. The zero-order valence-corrected chi connectivity index (χ0v) is 17.9. The van der Waals surface area contributed by atoms with Crippen molar-refractivity contribution in [2.75, 3.05) is 36.4 Å². The molecule has 1 fully saturated rings. The van der Waals surface area contributed by atoms with Crippen LogP contribution in [0.4, 0.5) is 11.8 Å². The molecule has 3 aliphatic rings. The van der Waals surface area contributed by atoms with Gasteiger partial charge in [-0.2, -0.15) is 9.97 Å². The van der Waals surface area contributed by atoms with Crippen molar-refractivity contribution in [1.82, 2.24) is 35.2 Å². The number of nitrogens with one attached hydrogen (secondary N) is 4. The minimum absolute atomic E-state index is 0.289. The first-order valence-electron chi connectivity index (χ1n) is 11.3. The molecule has 3 aromatic heterocycles. The van der Waals surface area contributed by atoms with E-state index in [1.165, 1.54) is 5.69 Å². The zero-order valence-electron chi connectivity index (χ0n) is 17.9. The van der Waals surface area contributed by atoms with Crippen molar-refractivity contribution >= 4 is 22.9 Å². The van der Waals surface area contributed by atoms with E-state index >= 15 is 0 Å². The number of allylic oxidation sites excluding steroid dienone is 1. The molecule has 6 rings (SSSR count). The Labute approximate surface area is 185 Å². The first-order valence-corrected chi connectivity index (χ1v) is 11.3. The maximum absolute atomic E-state index is 6.69. The molecule has 0 radical (unpaired) electrons. The third kappa shape index (κ3) is 3.45. The van der Waals surface area contributed by atoms with Gasteiger partial charge in [0.15, 0.2) is 11.5 Å². The Morgan fingerprint density at radius 2 is 2.03 bits per heavy atom. The molecule has 0 amide bonds. The van der Waals surface area contributed by atoms with Gasteiger partial charge in [-0.3, -0.25) is 0 Å². The van der Waals surface area contributed by atoms with Crippen molar-refractivity contribution in [2.24, 2.45) is 11.7 Å². The molecule has 10 nitrogen and oxygen atoms in total. The minimum atomic E-state index is -0.289. The van der Waals surface area contributed by atoms with Gasteiger partial charge < -0.3 is 31.2 Å². The van der Waals surface area contributed by atoms with Gasteiger partial charge in [0.1, 0.15) is 5.52 Å². The van der Waals surface area contributed by atoms with Crippen LogP contribution in [0.5, 0.6) is 0 Å². The summed E-state index contributed by atoms with van der Waals surface area (Å²) in [5.41, 5.74) is 11.2. The van der Waals surface area contributed by atoms with Crippen molar-refractivity contribution < 1.29 is 0 Å². The van der Waals surface area contributed by atoms with Crippen LogP contribution in [0.1, 0.15) is 24.2 Å². The Kier molecular flexibility index (Phi) is 4.69. The van der Waals surface area contributed by atoms with E-state index in [4.69, 9.17) is 10.7 Å². The van der Waals surface area contributed by atoms with E-state index in [1.807, 2.05) is 0 Å². The molecule has 6 N–H and O–H groups in total. The number of imidazole rings is 2. The highest BCUT2D eigenvalue weighted by atomic mass is 15.3. The minimum Gasteiger partial charge on any atom is -0.354 e. The number of hydrogen-bond acceptors (Lipinski definition) is 8. The van der Waals surface area contributed by atoms with Crippen LogP contribution < -0.4 is 21.3 Å². The zero-order chi connectivity index (χ0) is 21.5. The number of H-pyrrole nitrogens is 2. The third-order valence-corrected chi connectivity index (χ3v) is 6.95. The van der Waals surface area contributed by atoms with Crippen LogP contribution in [0.15, 0.2) is 36.6 Å². The van der Waals surface area contributed by atoms with Gasteiger partial charge in [-0.25, -0.2) is 9.97 Å². The molecule has 5 heterocycles. The fourth-order valence-electron chi connectivity index (χ4n) is 5.00. The second kappa shape index (κ2) is 7.72. The number of anilines is 2. The van der Waals surface area contributed by atoms with Gasteiger partial charge in [-0.15, -0.1) is 0 Å². The van der Waals surface area contributed by atoms with Gasteiger partial charge in [0, 0.05) is 49.4 Å². The second-order valence-corrected chi connectivity index (χ2v) is 8.91. The lowest BCUT2D eigenvalue weighted by molar-refractivity contribution is 0.357. The molecule has 1 aliphatic carbocycles. The van der Waals surface area contributed by atoms with Gasteiger partial charge in [0.2, 0.25) is 5.95 Å². The summed E-state index contributed by atoms with van der Waals surface area (Å²) in [7, 11) is 0. The highest BCUT2D eigenvalue weighted by Crippen LogP contribution is 2.31. The first-order chi connectivity index (χ1) is 15.7. The van der Waals surface area contributed by atoms with Crippen molar-refractivity contribution in [1.29, 1.82) is 0 Å². The fraction of sp³-hybridized carbons (Fsp3) is 0.455. The van der Waals surface area contributed by atoms with Crippen molar-refractivity contribution in [2.45, 2.75) is 31.2 Å². The summed E-state index contributed by atoms with van der Waals surface area (Å²) in [6.07, 6.45) is 13.5. The molecular weight excluding hydrogens is 404 g/mol. The monoisotopic (exact) mass is 432 g/mol. The van der Waals surface area contributed by atoms with Gasteiger partial charge in [-0.05, 0) is 31.4 Å². The Hall–Kier alpha value is -3.24. The lowest BCUT2D eigenvalue weighted by Gasteiger charge is -2.33. The second-order valence-electron chi connectivity index (χ2n) is 8.91. The van der Waals surface area contributed by atoms with Crippen LogP contribution in [0.2, 0.25) is 0 Å². The van der Waals surface area contributed by atoms with Crippen LogP contribution in [0, 0.1) is 5.92 Å². The Balaban J connectivity index is 1.24. The van der Waals surface area contributed by atoms with Crippen LogP contribution in [0.25, 0.3) is 11.2 Å². The average Bonchev–Trinajstić information content (AvgIpc) is 3.56. The standard InChI is InChI=1S/C22H28N10/c23-22(14-3-8-24-11-14)6-1-15(2-7-22)29-21-30-19-18(27-13-28-19)20(31-21)32-9-4-16-17(5-10-32)26-12-25-16/h1-2,6,12-14,24H,3-5,7-11,23H2,(H,25,26)(H2,27,28,29,30,31)/t14?,22-/m0/s1. The summed E-state index contributed by atoms with van der Waals surface area (Å²) in [5, 5.41) is 6.80. The molecule has 0 spiro atoms. The smallest absolute Gasteiger partial charge is 0.231 e. The predicted octanol–water partition coefficient (Wildman–Crippen LogP) is 1.24. The number of nitrogens with two attached hydrogens (primary N) is 1. The molecule has 166 valence electrons. The molecule has 0 bridgehead atoms. The van der Waals surface area contributed by atoms with Gasteiger partial charge in [0.25, 0.3) is 0 Å². The van der Waals surface area contributed by atoms with Crippen LogP contribution in [-0.4, -0.2) is 61.6 Å². The predicted molar refractivity (Wildman–Crippen MR) is 123 cm³/mol. The van der Waals surface area contributed by atoms with Crippen molar-refractivity contribution in [3.63, 3.8) is 0 Å². The van der Waals surface area contributed by atoms with Crippen molar-refractivity contribution in [3.05, 3.63) is 48.0 Å². The molecule has 2 aliphatic heterocycles.